The smallest absolute Gasteiger partial charge is 0.310 e. The van der Waals surface area contributed by atoms with Gasteiger partial charge in [0.05, 0.1) is 25.2 Å². The lowest BCUT2D eigenvalue weighted by Gasteiger charge is -2.23. The second kappa shape index (κ2) is 6.93. The van der Waals surface area contributed by atoms with E-state index in [9.17, 15) is 9.90 Å². The molecule has 1 heterocycles. The average Bonchev–Trinajstić information content (AvgIpc) is 2.74. The minimum absolute atomic E-state index is 0.535. The molecule has 0 radical (unpaired) electrons. The topological polar surface area (TPSA) is 59.0 Å². The molecule has 1 rings (SSSR count). The predicted molar refractivity (Wildman–Crippen MR) is 64.1 cm³/mol. The monoisotopic (exact) mass is 245 g/mol. The van der Waals surface area contributed by atoms with Gasteiger partial charge in [0.25, 0.3) is 0 Å². The van der Waals surface area contributed by atoms with Crippen molar-refractivity contribution in [2.24, 2.45) is 5.41 Å². The number of rotatable bonds is 8. The van der Waals surface area contributed by atoms with Crippen molar-refractivity contribution in [2.75, 3.05) is 46.6 Å². The zero-order valence-corrected chi connectivity index (χ0v) is 10.8. The van der Waals surface area contributed by atoms with Gasteiger partial charge >= 0.3 is 5.97 Å². The van der Waals surface area contributed by atoms with Gasteiger partial charge in [-0.05, 0) is 19.4 Å². The molecule has 1 aliphatic rings. The van der Waals surface area contributed by atoms with Gasteiger partial charge in [-0.15, -0.1) is 0 Å². The molecular formula is C12H23NO4. The molecule has 1 unspecified atom stereocenters. The Morgan fingerprint density at radius 3 is 2.71 bits per heavy atom. The zero-order valence-electron chi connectivity index (χ0n) is 10.8. The summed E-state index contributed by atoms with van der Waals surface area (Å²) in [7, 11) is 1.65. The summed E-state index contributed by atoms with van der Waals surface area (Å²) in [6.45, 7) is 6.10. The normalized spacial score (nSPS) is 25.3. The number of hydrogen-bond donors (Lipinski definition) is 1. The molecule has 0 spiro atoms. The van der Waals surface area contributed by atoms with Gasteiger partial charge in [0.15, 0.2) is 0 Å². The first-order chi connectivity index (χ1) is 8.14. The van der Waals surface area contributed by atoms with Crippen LogP contribution in [-0.2, 0) is 14.3 Å². The fourth-order valence-electron chi connectivity index (χ4n) is 2.20. The summed E-state index contributed by atoms with van der Waals surface area (Å²) in [5, 5.41) is 9.25. The molecular weight excluding hydrogens is 222 g/mol. The van der Waals surface area contributed by atoms with Crippen molar-refractivity contribution in [3.8, 4) is 0 Å². The Kier molecular flexibility index (Phi) is 5.88. The predicted octanol–water partition coefficient (Wildman–Crippen LogP) is 0.836. The van der Waals surface area contributed by atoms with Crippen LogP contribution < -0.4 is 0 Å². The Morgan fingerprint density at radius 2 is 2.18 bits per heavy atom. The Labute approximate surface area is 103 Å². The van der Waals surface area contributed by atoms with Crippen molar-refractivity contribution in [2.45, 2.75) is 19.8 Å². The summed E-state index contributed by atoms with van der Waals surface area (Å²) in [6.07, 6.45) is 1.44. The fraction of sp³-hybridized carbons (Fsp3) is 0.917. The lowest BCUT2D eigenvalue weighted by Crippen LogP contribution is -2.35. The maximum absolute atomic E-state index is 11.2. The van der Waals surface area contributed by atoms with Crippen LogP contribution in [0.4, 0.5) is 0 Å². The summed E-state index contributed by atoms with van der Waals surface area (Å²) in [4.78, 5) is 13.4. The van der Waals surface area contributed by atoms with Gasteiger partial charge in [0.2, 0.25) is 0 Å². The highest BCUT2D eigenvalue weighted by molar-refractivity contribution is 5.75. The minimum atomic E-state index is -0.664. The minimum Gasteiger partial charge on any atom is -0.481 e. The van der Waals surface area contributed by atoms with Gasteiger partial charge in [-0.1, -0.05) is 6.92 Å². The van der Waals surface area contributed by atoms with Crippen LogP contribution in [0.5, 0.6) is 0 Å². The van der Waals surface area contributed by atoms with Crippen LogP contribution in [0.3, 0.4) is 0 Å². The first-order valence-electron chi connectivity index (χ1n) is 6.17. The maximum Gasteiger partial charge on any atom is 0.310 e. The summed E-state index contributed by atoms with van der Waals surface area (Å²) < 4.78 is 10.3. The Bertz CT molecular complexity index is 247. The van der Waals surface area contributed by atoms with Gasteiger partial charge in [-0.2, -0.15) is 0 Å². The molecule has 1 saturated heterocycles. The second-order valence-electron chi connectivity index (χ2n) is 4.57. The van der Waals surface area contributed by atoms with E-state index in [2.05, 4.69) is 4.90 Å². The largest absolute Gasteiger partial charge is 0.481 e. The van der Waals surface area contributed by atoms with Gasteiger partial charge < -0.3 is 14.6 Å². The van der Waals surface area contributed by atoms with E-state index >= 15 is 0 Å². The number of aliphatic carboxylic acids is 1. The molecule has 0 aromatic rings. The van der Waals surface area contributed by atoms with Gasteiger partial charge in [-0.3, -0.25) is 9.69 Å². The highest BCUT2D eigenvalue weighted by Gasteiger charge is 2.42. The van der Waals surface area contributed by atoms with Crippen LogP contribution in [-0.4, -0.2) is 62.5 Å². The number of nitrogens with zero attached hydrogens (tertiary/aromatic N) is 1. The quantitative estimate of drug-likeness (QED) is 0.642. The molecule has 0 aromatic carbocycles. The molecule has 0 aromatic heterocycles. The molecule has 100 valence electrons. The summed E-state index contributed by atoms with van der Waals surface area (Å²) in [6, 6.07) is 0. The van der Waals surface area contributed by atoms with E-state index in [1.807, 2.05) is 6.92 Å². The highest BCUT2D eigenvalue weighted by Crippen LogP contribution is 2.33. The van der Waals surface area contributed by atoms with E-state index in [0.29, 0.717) is 32.8 Å². The number of likely N-dealkylation sites (tertiary alicyclic amines) is 1. The molecule has 1 atom stereocenters. The van der Waals surface area contributed by atoms with E-state index in [4.69, 9.17) is 9.47 Å². The van der Waals surface area contributed by atoms with Crippen LogP contribution in [0.2, 0.25) is 0 Å². The zero-order chi connectivity index (χ0) is 12.7. The Hall–Kier alpha value is -0.650. The van der Waals surface area contributed by atoms with E-state index < -0.39 is 11.4 Å². The van der Waals surface area contributed by atoms with Gasteiger partial charge in [0.1, 0.15) is 0 Å². The highest BCUT2D eigenvalue weighted by atomic mass is 16.5. The number of methoxy groups -OCH3 is 1. The number of ether oxygens (including phenoxy) is 2. The van der Waals surface area contributed by atoms with Crippen molar-refractivity contribution < 1.29 is 19.4 Å². The van der Waals surface area contributed by atoms with E-state index in [-0.39, 0.29) is 0 Å². The molecule has 0 amide bonds. The first kappa shape index (κ1) is 14.4. The molecule has 1 N–H and O–H groups in total. The molecule has 0 bridgehead atoms. The van der Waals surface area contributed by atoms with E-state index in [1.54, 1.807) is 7.11 Å². The number of carbonyl (C=O) groups is 1. The van der Waals surface area contributed by atoms with Gasteiger partial charge in [0, 0.05) is 20.2 Å². The SMILES string of the molecule is CCC1(C(=O)O)CCN(CCOCCOC)C1. The van der Waals surface area contributed by atoms with Crippen LogP contribution in [0.25, 0.3) is 0 Å². The standard InChI is InChI=1S/C12H23NO4/c1-3-12(11(14)15)4-5-13(10-12)6-7-17-9-8-16-2/h3-10H2,1-2H3,(H,14,15). The summed E-state index contributed by atoms with van der Waals surface area (Å²) >= 11 is 0. The van der Waals surface area contributed by atoms with Crippen LogP contribution in [0, 0.1) is 5.41 Å². The van der Waals surface area contributed by atoms with Crippen molar-refractivity contribution >= 4 is 5.97 Å². The number of carboxylic acids is 1. The third kappa shape index (κ3) is 3.94. The molecule has 1 fully saturated rings. The molecule has 1 aliphatic heterocycles. The number of carboxylic acid groups (broad SMARTS) is 1. The third-order valence-corrected chi connectivity index (χ3v) is 3.55. The van der Waals surface area contributed by atoms with Crippen LogP contribution in [0.15, 0.2) is 0 Å². The number of hydrogen-bond acceptors (Lipinski definition) is 4. The fourth-order valence-corrected chi connectivity index (χ4v) is 2.20. The van der Waals surface area contributed by atoms with Crippen molar-refractivity contribution in [1.82, 2.24) is 4.90 Å². The van der Waals surface area contributed by atoms with Crippen molar-refractivity contribution in [3.63, 3.8) is 0 Å². The van der Waals surface area contributed by atoms with Gasteiger partial charge in [-0.25, -0.2) is 0 Å². The van der Waals surface area contributed by atoms with Crippen molar-refractivity contribution in [1.29, 1.82) is 0 Å². The lowest BCUT2D eigenvalue weighted by atomic mass is 9.84. The average molecular weight is 245 g/mol. The maximum atomic E-state index is 11.2. The molecule has 17 heavy (non-hydrogen) atoms. The van der Waals surface area contributed by atoms with Crippen LogP contribution in [0.1, 0.15) is 19.8 Å². The molecule has 0 aliphatic carbocycles. The molecule has 5 heteroatoms. The van der Waals surface area contributed by atoms with E-state index in [1.165, 1.54) is 0 Å². The van der Waals surface area contributed by atoms with Crippen molar-refractivity contribution in [3.05, 3.63) is 0 Å². The summed E-state index contributed by atoms with van der Waals surface area (Å²) in [5.41, 5.74) is -0.535. The molecule has 0 saturated carbocycles. The second-order valence-corrected chi connectivity index (χ2v) is 4.57. The Morgan fingerprint density at radius 1 is 1.41 bits per heavy atom. The Balaban J connectivity index is 2.23. The van der Waals surface area contributed by atoms with Crippen LogP contribution >= 0.6 is 0 Å². The third-order valence-electron chi connectivity index (χ3n) is 3.55. The van der Waals surface area contributed by atoms with E-state index in [0.717, 1.165) is 19.5 Å². The molecule has 5 nitrogen and oxygen atoms in total. The first-order valence-corrected chi connectivity index (χ1v) is 6.17. The lowest BCUT2D eigenvalue weighted by molar-refractivity contribution is -0.148. The summed E-state index contributed by atoms with van der Waals surface area (Å²) in [5.74, 6) is -0.664.